The fourth-order valence-electron chi connectivity index (χ4n) is 2.85. The summed E-state index contributed by atoms with van der Waals surface area (Å²) in [7, 11) is 0. The van der Waals surface area contributed by atoms with Crippen LogP contribution in [0.25, 0.3) is 0 Å². The standard InChI is InChI=1S/C21H27NO5/c1-5-26-19(24)11-17(20-18(23)10-14(4)22-21(20)25)15-6-8-16(9-7-15)27-12-13(2)3/h6-10,13,17H,5,11-12H2,1-4H3,(H2,22,23,25)/t17-/m1/s1. The molecule has 0 fully saturated rings. The summed E-state index contributed by atoms with van der Waals surface area (Å²) in [4.78, 5) is 27.2. The van der Waals surface area contributed by atoms with Crippen molar-refractivity contribution in [3.8, 4) is 11.5 Å². The van der Waals surface area contributed by atoms with Gasteiger partial charge in [0.15, 0.2) is 0 Å². The van der Waals surface area contributed by atoms with E-state index in [0.717, 1.165) is 5.56 Å². The highest BCUT2D eigenvalue weighted by atomic mass is 16.5. The Balaban J connectivity index is 2.39. The summed E-state index contributed by atoms with van der Waals surface area (Å²) in [6.45, 7) is 8.40. The summed E-state index contributed by atoms with van der Waals surface area (Å²) in [6.07, 6.45) is -0.0419. The van der Waals surface area contributed by atoms with Crippen LogP contribution in [-0.4, -0.2) is 29.3 Å². The first-order valence-electron chi connectivity index (χ1n) is 9.13. The molecule has 1 aromatic heterocycles. The molecule has 27 heavy (non-hydrogen) atoms. The topological polar surface area (TPSA) is 88.6 Å². The van der Waals surface area contributed by atoms with E-state index >= 15 is 0 Å². The number of rotatable bonds is 8. The lowest BCUT2D eigenvalue weighted by Crippen LogP contribution is -2.21. The Morgan fingerprint density at radius 1 is 1.22 bits per heavy atom. The predicted octanol–water partition coefficient (Wildman–Crippen LogP) is 3.51. The lowest BCUT2D eigenvalue weighted by Gasteiger charge is -2.18. The van der Waals surface area contributed by atoms with Crippen molar-refractivity contribution >= 4 is 5.97 Å². The maximum absolute atomic E-state index is 12.5. The summed E-state index contributed by atoms with van der Waals surface area (Å²) in [5.41, 5.74) is 1.02. The molecule has 6 heteroatoms. The average molecular weight is 373 g/mol. The zero-order chi connectivity index (χ0) is 20.0. The Morgan fingerprint density at radius 2 is 1.89 bits per heavy atom. The van der Waals surface area contributed by atoms with E-state index in [1.807, 2.05) is 0 Å². The second-order valence-electron chi connectivity index (χ2n) is 6.92. The van der Waals surface area contributed by atoms with Crippen molar-refractivity contribution < 1.29 is 19.4 Å². The first kappa shape index (κ1) is 20.6. The largest absolute Gasteiger partial charge is 0.507 e. The molecule has 0 spiro atoms. The average Bonchev–Trinajstić information content (AvgIpc) is 2.59. The summed E-state index contributed by atoms with van der Waals surface area (Å²) in [5, 5.41) is 10.3. The number of aromatic amines is 1. The Hall–Kier alpha value is -2.76. The summed E-state index contributed by atoms with van der Waals surface area (Å²) >= 11 is 0. The lowest BCUT2D eigenvalue weighted by atomic mass is 9.88. The molecule has 0 saturated heterocycles. The molecule has 146 valence electrons. The van der Waals surface area contributed by atoms with Gasteiger partial charge in [-0.25, -0.2) is 0 Å². The number of carbonyl (C=O) groups is 1. The quantitative estimate of drug-likeness (QED) is 0.691. The van der Waals surface area contributed by atoms with Crippen LogP contribution in [0.5, 0.6) is 11.5 Å². The molecule has 1 atom stereocenters. The van der Waals surface area contributed by atoms with Gasteiger partial charge in [0.1, 0.15) is 11.5 Å². The Labute approximate surface area is 159 Å². The molecule has 0 radical (unpaired) electrons. The Kier molecular flexibility index (Phi) is 7.05. The summed E-state index contributed by atoms with van der Waals surface area (Å²) in [6, 6.07) is 8.69. The maximum Gasteiger partial charge on any atom is 0.306 e. The number of hydrogen-bond donors (Lipinski definition) is 2. The van der Waals surface area contributed by atoms with Gasteiger partial charge in [0, 0.05) is 11.6 Å². The second-order valence-corrected chi connectivity index (χ2v) is 6.92. The van der Waals surface area contributed by atoms with Crippen molar-refractivity contribution in [2.45, 2.75) is 40.0 Å². The third kappa shape index (κ3) is 5.61. The van der Waals surface area contributed by atoms with E-state index in [1.54, 1.807) is 38.1 Å². The van der Waals surface area contributed by atoms with Crippen LogP contribution in [-0.2, 0) is 9.53 Å². The van der Waals surface area contributed by atoms with E-state index in [2.05, 4.69) is 18.8 Å². The molecule has 6 nitrogen and oxygen atoms in total. The van der Waals surface area contributed by atoms with Crippen molar-refractivity contribution in [3.05, 3.63) is 57.5 Å². The molecule has 0 bridgehead atoms. The van der Waals surface area contributed by atoms with Crippen LogP contribution in [0.2, 0.25) is 0 Å². The zero-order valence-electron chi connectivity index (χ0n) is 16.2. The van der Waals surface area contributed by atoms with Gasteiger partial charge < -0.3 is 19.6 Å². The number of aromatic nitrogens is 1. The molecule has 1 heterocycles. The highest BCUT2D eigenvalue weighted by molar-refractivity contribution is 5.71. The van der Waals surface area contributed by atoms with Crippen molar-refractivity contribution in [1.82, 2.24) is 4.98 Å². The Morgan fingerprint density at radius 3 is 2.44 bits per heavy atom. The molecular formula is C21H27NO5. The molecule has 2 aromatic rings. The number of nitrogens with one attached hydrogen (secondary N) is 1. The normalized spacial score (nSPS) is 12.0. The minimum atomic E-state index is -0.618. The lowest BCUT2D eigenvalue weighted by molar-refractivity contribution is -0.143. The van der Waals surface area contributed by atoms with E-state index in [1.165, 1.54) is 6.07 Å². The van der Waals surface area contributed by atoms with Crippen molar-refractivity contribution in [3.63, 3.8) is 0 Å². The Bertz CT molecular complexity index is 823. The van der Waals surface area contributed by atoms with Gasteiger partial charge in [-0.1, -0.05) is 26.0 Å². The molecule has 0 amide bonds. The summed E-state index contributed by atoms with van der Waals surface area (Å²) in [5.74, 6) is -0.0612. The first-order chi connectivity index (χ1) is 12.8. The molecule has 1 aromatic carbocycles. The van der Waals surface area contributed by atoms with Gasteiger partial charge in [0.2, 0.25) is 0 Å². The van der Waals surface area contributed by atoms with Gasteiger partial charge in [-0.15, -0.1) is 0 Å². The van der Waals surface area contributed by atoms with Gasteiger partial charge in [0.05, 0.1) is 25.2 Å². The number of pyridine rings is 1. The minimum absolute atomic E-state index is 0.0419. The van der Waals surface area contributed by atoms with Gasteiger partial charge in [-0.3, -0.25) is 9.59 Å². The number of carbonyl (C=O) groups excluding carboxylic acids is 1. The number of aromatic hydroxyl groups is 1. The van der Waals surface area contributed by atoms with E-state index in [4.69, 9.17) is 9.47 Å². The van der Waals surface area contributed by atoms with E-state index in [9.17, 15) is 14.7 Å². The fourth-order valence-corrected chi connectivity index (χ4v) is 2.85. The smallest absolute Gasteiger partial charge is 0.306 e. The maximum atomic E-state index is 12.5. The van der Waals surface area contributed by atoms with Crippen LogP contribution >= 0.6 is 0 Å². The van der Waals surface area contributed by atoms with Crippen LogP contribution in [0.4, 0.5) is 0 Å². The fraction of sp³-hybridized carbons (Fsp3) is 0.429. The van der Waals surface area contributed by atoms with Crippen molar-refractivity contribution in [1.29, 1.82) is 0 Å². The highest BCUT2D eigenvalue weighted by Gasteiger charge is 2.25. The molecule has 0 aliphatic heterocycles. The molecular weight excluding hydrogens is 346 g/mol. The number of H-pyrrole nitrogens is 1. The molecule has 2 rings (SSSR count). The number of esters is 1. The van der Waals surface area contributed by atoms with E-state index in [0.29, 0.717) is 24.0 Å². The molecule has 0 aliphatic rings. The highest BCUT2D eigenvalue weighted by Crippen LogP contribution is 2.33. The SMILES string of the molecule is CCOC(=O)C[C@H](c1ccc(OCC(C)C)cc1)c1c(O)cc(C)[nH]c1=O. The van der Waals surface area contributed by atoms with E-state index in [-0.39, 0.29) is 24.3 Å². The molecule has 2 N–H and O–H groups in total. The summed E-state index contributed by atoms with van der Waals surface area (Å²) < 4.78 is 10.7. The third-order valence-electron chi connectivity index (χ3n) is 4.07. The van der Waals surface area contributed by atoms with Crippen molar-refractivity contribution in [2.24, 2.45) is 5.92 Å². The van der Waals surface area contributed by atoms with Crippen LogP contribution in [0.3, 0.4) is 0 Å². The number of benzene rings is 1. The van der Waals surface area contributed by atoms with Gasteiger partial charge in [0.25, 0.3) is 5.56 Å². The second kappa shape index (κ2) is 9.26. The monoisotopic (exact) mass is 373 g/mol. The van der Waals surface area contributed by atoms with Gasteiger partial charge in [-0.2, -0.15) is 0 Å². The van der Waals surface area contributed by atoms with Crippen LogP contribution in [0.1, 0.15) is 49.9 Å². The van der Waals surface area contributed by atoms with Crippen LogP contribution < -0.4 is 10.3 Å². The third-order valence-corrected chi connectivity index (χ3v) is 4.07. The van der Waals surface area contributed by atoms with Crippen molar-refractivity contribution in [2.75, 3.05) is 13.2 Å². The van der Waals surface area contributed by atoms with Gasteiger partial charge in [-0.05, 0) is 43.5 Å². The zero-order valence-corrected chi connectivity index (χ0v) is 16.2. The number of ether oxygens (including phenoxy) is 2. The molecule has 0 unspecified atom stereocenters. The van der Waals surface area contributed by atoms with E-state index < -0.39 is 17.4 Å². The van der Waals surface area contributed by atoms with Crippen LogP contribution in [0, 0.1) is 12.8 Å². The number of hydrogen-bond acceptors (Lipinski definition) is 5. The molecule has 0 aliphatic carbocycles. The van der Waals surface area contributed by atoms with Crippen LogP contribution in [0.15, 0.2) is 35.1 Å². The first-order valence-corrected chi connectivity index (χ1v) is 9.13. The number of aryl methyl sites for hydroxylation is 1. The molecule has 0 saturated carbocycles. The van der Waals surface area contributed by atoms with Gasteiger partial charge >= 0.3 is 5.97 Å². The minimum Gasteiger partial charge on any atom is -0.507 e. The predicted molar refractivity (Wildman–Crippen MR) is 103 cm³/mol.